The Morgan fingerprint density at radius 3 is 2.20 bits per heavy atom. The van der Waals surface area contributed by atoms with E-state index in [9.17, 15) is 0 Å². The highest BCUT2D eigenvalue weighted by molar-refractivity contribution is 9.10. The minimum absolute atomic E-state index is 0.322. The van der Waals surface area contributed by atoms with Gasteiger partial charge in [0.2, 0.25) is 0 Å². The van der Waals surface area contributed by atoms with Crippen LogP contribution in [0.5, 0.6) is 5.75 Å². The van der Waals surface area contributed by atoms with Gasteiger partial charge in [-0.15, -0.1) is 0 Å². The summed E-state index contributed by atoms with van der Waals surface area (Å²) in [7, 11) is 1.81. The van der Waals surface area contributed by atoms with Gasteiger partial charge in [-0.2, -0.15) is 0 Å². The number of halogens is 1. The van der Waals surface area contributed by atoms with Crippen molar-refractivity contribution in [3.8, 4) is 5.75 Å². The normalized spacial score (nSPS) is 42.0. The highest BCUT2D eigenvalue weighted by Crippen LogP contribution is 2.63. The molecule has 0 unspecified atom stereocenters. The molecule has 4 fully saturated rings. The molecule has 0 amide bonds. The van der Waals surface area contributed by atoms with E-state index in [-0.39, 0.29) is 0 Å². The zero-order valence-corrected chi connectivity index (χ0v) is 13.9. The lowest BCUT2D eigenvalue weighted by atomic mass is 9.44. The predicted molar refractivity (Wildman–Crippen MR) is 85.1 cm³/mol. The van der Waals surface area contributed by atoms with Crippen LogP contribution in [0.2, 0.25) is 0 Å². The Morgan fingerprint density at radius 1 is 1.05 bits per heavy atom. The van der Waals surface area contributed by atoms with Gasteiger partial charge in [-0.25, -0.2) is 0 Å². The van der Waals surface area contributed by atoms with E-state index < -0.39 is 0 Å². The molecule has 2 heteroatoms. The molecular weight excluding hydrogens is 312 g/mol. The minimum Gasteiger partial charge on any atom is -0.496 e. The summed E-state index contributed by atoms with van der Waals surface area (Å²) in [5.41, 5.74) is 1.77. The highest BCUT2D eigenvalue weighted by atomic mass is 79.9. The monoisotopic (exact) mass is 334 g/mol. The lowest BCUT2D eigenvalue weighted by Crippen LogP contribution is -2.54. The number of methoxy groups -OCH3 is 1. The van der Waals surface area contributed by atoms with Crippen LogP contribution in [0.15, 0.2) is 22.7 Å². The van der Waals surface area contributed by atoms with Crippen LogP contribution in [0.3, 0.4) is 0 Å². The summed E-state index contributed by atoms with van der Waals surface area (Å²) in [5.74, 6) is 4.85. The molecule has 1 aromatic rings. The van der Waals surface area contributed by atoms with Crippen LogP contribution in [0.4, 0.5) is 0 Å². The molecule has 0 saturated heterocycles. The summed E-state index contributed by atoms with van der Waals surface area (Å²) >= 11 is 3.66. The second-order valence-electron chi connectivity index (χ2n) is 7.43. The van der Waals surface area contributed by atoms with Gasteiger partial charge < -0.3 is 4.74 Å². The first-order chi connectivity index (χ1) is 9.61. The van der Waals surface area contributed by atoms with Crippen molar-refractivity contribution >= 4 is 15.9 Å². The van der Waals surface area contributed by atoms with Crippen LogP contribution in [-0.2, 0) is 5.41 Å². The van der Waals surface area contributed by atoms with Crippen LogP contribution in [0.1, 0.15) is 44.6 Å². The number of hydrogen-bond donors (Lipinski definition) is 0. The van der Waals surface area contributed by atoms with Crippen LogP contribution < -0.4 is 4.74 Å². The fraction of sp³-hybridized carbons (Fsp3) is 0.667. The van der Waals surface area contributed by atoms with Crippen molar-refractivity contribution in [1.82, 2.24) is 0 Å². The minimum atomic E-state index is 0.322. The van der Waals surface area contributed by atoms with E-state index in [0.29, 0.717) is 5.41 Å². The van der Waals surface area contributed by atoms with E-state index in [0.717, 1.165) is 29.4 Å². The van der Waals surface area contributed by atoms with Gasteiger partial charge in [0.15, 0.2) is 0 Å². The Balaban J connectivity index is 1.82. The summed E-state index contributed by atoms with van der Waals surface area (Å²) in [6.45, 7) is 2.52. The average Bonchev–Trinajstić information content (AvgIpc) is 2.43. The van der Waals surface area contributed by atoms with Gasteiger partial charge in [0.25, 0.3) is 0 Å². The van der Waals surface area contributed by atoms with Crippen LogP contribution in [0, 0.1) is 23.7 Å². The van der Waals surface area contributed by atoms with Crippen LogP contribution >= 0.6 is 15.9 Å². The first-order valence-electron chi connectivity index (χ1n) is 7.95. The van der Waals surface area contributed by atoms with Gasteiger partial charge in [-0.1, -0.05) is 22.9 Å². The molecule has 1 nitrogen and oxygen atoms in total. The molecule has 4 saturated carbocycles. The van der Waals surface area contributed by atoms with Gasteiger partial charge >= 0.3 is 0 Å². The summed E-state index contributed by atoms with van der Waals surface area (Å²) in [5, 5.41) is 0. The maximum atomic E-state index is 5.70. The highest BCUT2D eigenvalue weighted by Gasteiger charge is 2.56. The third-order valence-corrected chi connectivity index (χ3v) is 7.07. The third-order valence-electron chi connectivity index (χ3n) is 6.58. The molecule has 0 aliphatic heterocycles. The number of benzene rings is 1. The summed E-state index contributed by atoms with van der Waals surface area (Å²) in [4.78, 5) is 0. The Hall–Kier alpha value is -0.500. The molecule has 5 rings (SSSR count). The second-order valence-corrected chi connectivity index (χ2v) is 8.35. The van der Waals surface area contributed by atoms with Crippen molar-refractivity contribution in [1.29, 1.82) is 0 Å². The van der Waals surface area contributed by atoms with E-state index in [1.807, 2.05) is 7.11 Å². The Morgan fingerprint density at radius 2 is 1.65 bits per heavy atom. The summed E-state index contributed by atoms with van der Waals surface area (Å²) < 4.78 is 6.88. The molecule has 0 atom stereocenters. The van der Waals surface area contributed by atoms with Gasteiger partial charge in [0.05, 0.1) is 7.11 Å². The van der Waals surface area contributed by atoms with Crippen molar-refractivity contribution < 1.29 is 4.74 Å². The van der Waals surface area contributed by atoms with E-state index >= 15 is 0 Å². The van der Waals surface area contributed by atoms with Crippen molar-refractivity contribution in [2.75, 3.05) is 7.11 Å². The largest absolute Gasteiger partial charge is 0.496 e. The zero-order valence-electron chi connectivity index (χ0n) is 12.4. The number of rotatable bonds is 2. The molecular formula is C18H23BrO. The van der Waals surface area contributed by atoms with Crippen molar-refractivity contribution in [2.45, 2.75) is 44.4 Å². The Labute approximate surface area is 130 Å². The second kappa shape index (κ2) is 4.50. The molecule has 1 aromatic carbocycles. The first kappa shape index (κ1) is 13.2. The van der Waals surface area contributed by atoms with E-state index in [2.05, 4.69) is 41.1 Å². The SMILES string of the molecule is COc1ccc(Br)cc1C1(C)C2CC3CC(C2)CC1C3. The van der Waals surface area contributed by atoms with Crippen LogP contribution in [0.25, 0.3) is 0 Å². The van der Waals surface area contributed by atoms with Crippen molar-refractivity contribution in [3.63, 3.8) is 0 Å². The van der Waals surface area contributed by atoms with E-state index in [4.69, 9.17) is 4.74 Å². The molecule has 0 aromatic heterocycles. The fourth-order valence-corrected chi connectivity index (χ4v) is 6.07. The van der Waals surface area contributed by atoms with E-state index in [1.165, 1.54) is 42.1 Å². The van der Waals surface area contributed by atoms with Gasteiger partial charge in [0, 0.05) is 15.5 Å². The van der Waals surface area contributed by atoms with Crippen molar-refractivity contribution in [2.24, 2.45) is 23.7 Å². The molecule has 4 aliphatic carbocycles. The van der Waals surface area contributed by atoms with Gasteiger partial charge in [-0.05, 0) is 74.0 Å². The van der Waals surface area contributed by atoms with Gasteiger partial charge in [0.1, 0.15) is 5.75 Å². The number of ether oxygens (including phenoxy) is 1. The predicted octanol–water partition coefficient (Wildman–Crippen LogP) is 5.17. The molecule has 0 heterocycles. The molecule has 0 N–H and O–H groups in total. The topological polar surface area (TPSA) is 9.23 Å². The Kier molecular flexibility index (Phi) is 2.96. The average molecular weight is 335 g/mol. The molecule has 0 radical (unpaired) electrons. The van der Waals surface area contributed by atoms with Crippen molar-refractivity contribution in [3.05, 3.63) is 28.2 Å². The number of hydrogen-bond acceptors (Lipinski definition) is 1. The smallest absolute Gasteiger partial charge is 0.122 e. The summed E-state index contributed by atoms with van der Waals surface area (Å²) in [6, 6.07) is 6.55. The molecule has 108 valence electrons. The molecule has 20 heavy (non-hydrogen) atoms. The fourth-order valence-electron chi connectivity index (χ4n) is 5.70. The standard InChI is InChI=1S/C18H23BrO/c1-18(16-10-15(19)3-4-17(16)20-2)13-6-11-5-12(8-13)9-14(18)7-11/h3-4,10-14H,5-9H2,1-2H3. The molecule has 4 aliphatic rings. The quantitative estimate of drug-likeness (QED) is 0.724. The maximum absolute atomic E-state index is 5.70. The lowest BCUT2D eigenvalue weighted by Gasteiger charge is -2.60. The molecule has 0 spiro atoms. The first-order valence-corrected chi connectivity index (χ1v) is 8.74. The molecule has 4 bridgehead atoms. The van der Waals surface area contributed by atoms with E-state index in [1.54, 1.807) is 0 Å². The lowest BCUT2D eigenvalue weighted by molar-refractivity contribution is -0.0531. The summed E-state index contributed by atoms with van der Waals surface area (Å²) in [6.07, 6.45) is 7.29. The zero-order chi connectivity index (χ0) is 13.9. The maximum Gasteiger partial charge on any atom is 0.122 e. The Bertz CT molecular complexity index is 508. The third kappa shape index (κ3) is 1.73. The van der Waals surface area contributed by atoms with Crippen LogP contribution in [-0.4, -0.2) is 7.11 Å². The van der Waals surface area contributed by atoms with Gasteiger partial charge in [-0.3, -0.25) is 0 Å².